The topological polar surface area (TPSA) is 25.2 Å². The molecule has 0 saturated heterocycles. The smallest absolute Gasteiger partial charge is 0.120 e. The first-order valence-corrected chi connectivity index (χ1v) is 7.88. The molecule has 0 fully saturated rings. The Hall–Kier alpha value is -0.900. The van der Waals surface area contributed by atoms with Gasteiger partial charge in [0, 0.05) is 23.1 Å². The van der Waals surface area contributed by atoms with Crippen LogP contribution < -0.4 is 5.32 Å². The van der Waals surface area contributed by atoms with E-state index in [9.17, 15) is 0 Å². The lowest BCUT2D eigenvalue weighted by molar-refractivity contribution is 0.438. The molecule has 0 aliphatic rings. The van der Waals surface area contributed by atoms with Crippen LogP contribution in [0.15, 0.2) is 47.1 Å². The maximum absolute atomic E-state index is 5.85. The number of hydrogen-bond acceptors (Lipinski definition) is 3. The normalized spacial score (nSPS) is 12.5. The van der Waals surface area contributed by atoms with Crippen LogP contribution in [0.2, 0.25) is 5.02 Å². The summed E-state index contributed by atoms with van der Waals surface area (Å²) in [5, 5.41) is 4.24. The van der Waals surface area contributed by atoms with E-state index in [1.165, 1.54) is 5.56 Å². The van der Waals surface area contributed by atoms with E-state index in [4.69, 9.17) is 16.0 Å². The van der Waals surface area contributed by atoms with Crippen LogP contribution in [0.3, 0.4) is 0 Å². The monoisotopic (exact) mass is 295 g/mol. The Kier molecular flexibility index (Phi) is 5.83. The highest BCUT2D eigenvalue weighted by molar-refractivity contribution is 7.98. The van der Waals surface area contributed by atoms with Crippen LogP contribution >= 0.6 is 23.4 Å². The van der Waals surface area contributed by atoms with Crippen molar-refractivity contribution in [3.8, 4) is 0 Å². The van der Waals surface area contributed by atoms with Crippen molar-refractivity contribution < 1.29 is 4.42 Å². The summed E-state index contributed by atoms with van der Waals surface area (Å²) in [5.41, 5.74) is 1.31. The lowest BCUT2D eigenvalue weighted by Gasteiger charge is -2.10. The van der Waals surface area contributed by atoms with Gasteiger partial charge in [-0.25, -0.2) is 0 Å². The van der Waals surface area contributed by atoms with Crippen molar-refractivity contribution in [2.24, 2.45) is 0 Å². The third-order valence-corrected chi connectivity index (χ3v) is 4.13. The molecular weight excluding hydrogens is 278 g/mol. The summed E-state index contributed by atoms with van der Waals surface area (Å²) in [6, 6.07) is 12.2. The molecule has 1 aromatic heterocycles. The predicted octanol–water partition coefficient (Wildman–Crippen LogP) is 4.52. The second kappa shape index (κ2) is 7.63. The molecule has 1 N–H and O–H groups in total. The van der Waals surface area contributed by atoms with Crippen molar-refractivity contribution in [1.82, 2.24) is 5.32 Å². The Balaban J connectivity index is 1.61. The van der Waals surface area contributed by atoms with Gasteiger partial charge in [-0.3, -0.25) is 0 Å². The molecule has 0 amide bonds. The highest BCUT2D eigenvalue weighted by Gasteiger charge is 2.06. The van der Waals surface area contributed by atoms with Gasteiger partial charge >= 0.3 is 0 Å². The molecule has 0 bridgehead atoms. The van der Waals surface area contributed by atoms with Gasteiger partial charge in [0.1, 0.15) is 5.76 Å². The molecule has 1 unspecified atom stereocenters. The summed E-state index contributed by atoms with van der Waals surface area (Å²) >= 11 is 7.77. The van der Waals surface area contributed by atoms with E-state index in [1.807, 2.05) is 36.0 Å². The first-order valence-electron chi connectivity index (χ1n) is 6.34. The maximum Gasteiger partial charge on any atom is 0.120 e. The number of halogens is 1. The van der Waals surface area contributed by atoms with Crippen LogP contribution in [0.4, 0.5) is 0 Å². The molecule has 0 saturated carbocycles. The summed E-state index contributed by atoms with van der Waals surface area (Å²) < 4.78 is 5.35. The molecule has 19 heavy (non-hydrogen) atoms. The lowest BCUT2D eigenvalue weighted by Crippen LogP contribution is -2.20. The number of thioether (sulfide) groups is 1. The number of furan rings is 1. The standard InChI is InChI=1S/C15H18ClNOS/c1-12(15-3-2-9-18-15)17-8-10-19-11-13-4-6-14(16)7-5-13/h2-7,9,12,17H,8,10-11H2,1H3. The maximum atomic E-state index is 5.85. The largest absolute Gasteiger partial charge is 0.468 e. The molecule has 2 nitrogen and oxygen atoms in total. The summed E-state index contributed by atoms with van der Waals surface area (Å²) in [6.45, 7) is 3.09. The van der Waals surface area contributed by atoms with Crippen LogP contribution in [0.1, 0.15) is 24.3 Å². The van der Waals surface area contributed by atoms with Gasteiger partial charge in [0.05, 0.1) is 12.3 Å². The number of nitrogens with one attached hydrogen (secondary N) is 1. The zero-order valence-electron chi connectivity index (χ0n) is 10.9. The van der Waals surface area contributed by atoms with Gasteiger partial charge in [0.15, 0.2) is 0 Å². The van der Waals surface area contributed by atoms with E-state index in [1.54, 1.807) is 6.26 Å². The van der Waals surface area contributed by atoms with Gasteiger partial charge in [0.25, 0.3) is 0 Å². The Morgan fingerprint density at radius 1 is 1.26 bits per heavy atom. The van der Waals surface area contributed by atoms with Crippen LogP contribution in [0.5, 0.6) is 0 Å². The van der Waals surface area contributed by atoms with E-state index in [2.05, 4.69) is 24.4 Å². The third kappa shape index (κ3) is 4.94. The molecule has 0 aliphatic heterocycles. The molecule has 2 rings (SSSR count). The molecule has 2 aromatic rings. The van der Waals surface area contributed by atoms with Gasteiger partial charge < -0.3 is 9.73 Å². The molecule has 102 valence electrons. The van der Waals surface area contributed by atoms with Crippen molar-refractivity contribution in [2.75, 3.05) is 12.3 Å². The Labute approximate surface area is 123 Å². The minimum atomic E-state index is 0.270. The Morgan fingerprint density at radius 2 is 2.05 bits per heavy atom. The van der Waals surface area contributed by atoms with Crippen LogP contribution in [-0.2, 0) is 5.75 Å². The molecular formula is C15H18ClNOS. The minimum Gasteiger partial charge on any atom is -0.468 e. The van der Waals surface area contributed by atoms with Gasteiger partial charge in [-0.1, -0.05) is 23.7 Å². The highest BCUT2D eigenvalue weighted by Crippen LogP contribution is 2.16. The van der Waals surface area contributed by atoms with Gasteiger partial charge in [-0.2, -0.15) is 11.8 Å². The summed E-state index contributed by atoms with van der Waals surface area (Å²) in [7, 11) is 0. The number of hydrogen-bond donors (Lipinski definition) is 1. The fourth-order valence-electron chi connectivity index (χ4n) is 1.76. The molecule has 0 spiro atoms. The van der Waals surface area contributed by atoms with Gasteiger partial charge in [-0.15, -0.1) is 0 Å². The van der Waals surface area contributed by atoms with E-state index >= 15 is 0 Å². The third-order valence-electron chi connectivity index (χ3n) is 2.85. The van der Waals surface area contributed by atoms with Gasteiger partial charge in [0.2, 0.25) is 0 Å². The number of benzene rings is 1. The van der Waals surface area contributed by atoms with Crippen LogP contribution in [0, 0.1) is 0 Å². The highest BCUT2D eigenvalue weighted by atomic mass is 35.5. The molecule has 1 atom stereocenters. The molecule has 0 radical (unpaired) electrons. The SMILES string of the molecule is CC(NCCSCc1ccc(Cl)cc1)c1ccco1. The van der Waals surface area contributed by atoms with Crippen molar-refractivity contribution in [2.45, 2.75) is 18.7 Å². The molecule has 4 heteroatoms. The van der Waals surface area contributed by atoms with Crippen molar-refractivity contribution in [1.29, 1.82) is 0 Å². The second-order valence-electron chi connectivity index (χ2n) is 4.37. The zero-order valence-corrected chi connectivity index (χ0v) is 12.5. The number of rotatable bonds is 7. The first-order chi connectivity index (χ1) is 9.25. The van der Waals surface area contributed by atoms with E-state index in [0.29, 0.717) is 0 Å². The van der Waals surface area contributed by atoms with Crippen molar-refractivity contribution in [3.63, 3.8) is 0 Å². The average Bonchev–Trinajstić information content (AvgIpc) is 2.94. The van der Waals surface area contributed by atoms with Crippen LogP contribution in [-0.4, -0.2) is 12.3 Å². The minimum absolute atomic E-state index is 0.270. The first kappa shape index (κ1) is 14.5. The van der Waals surface area contributed by atoms with Crippen LogP contribution in [0.25, 0.3) is 0 Å². The summed E-state index contributed by atoms with van der Waals surface area (Å²) in [5.74, 6) is 3.09. The summed E-state index contributed by atoms with van der Waals surface area (Å²) in [6.07, 6.45) is 1.71. The van der Waals surface area contributed by atoms with E-state index in [-0.39, 0.29) is 6.04 Å². The molecule has 1 heterocycles. The fraction of sp³-hybridized carbons (Fsp3) is 0.333. The molecule has 0 aliphatic carbocycles. The molecule has 1 aromatic carbocycles. The summed E-state index contributed by atoms with van der Waals surface area (Å²) in [4.78, 5) is 0. The second-order valence-corrected chi connectivity index (χ2v) is 5.91. The fourth-order valence-corrected chi connectivity index (χ4v) is 2.72. The van der Waals surface area contributed by atoms with Crippen molar-refractivity contribution >= 4 is 23.4 Å². The Morgan fingerprint density at radius 3 is 2.74 bits per heavy atom. The Bertz CT molecular complexity index is 469. The quantitative estimate of drug-likeness (QED) is 0.761. The van der Waals surface area contributed by atoms with Crippen molar-refractivity contribution in [3.05, 3.63) is 59.0 Å². The lowest BCUT2D eigenvalue weighted by atomic mass is 10.2. The van der Waals surface area contributed by atoms with E-state index < -0.39 is 0 Å². The van der Waals surface area contributed by atoms with Gasteiger partial charge in [-0.05, 0) is 36.8 Å². The van der Waals surface area contributed by atoms with E-state index in [0.717, 1.165) is 28.8 Å². The average molecular weight is 296 g/mol. The zero-order chi connectivity index (χ0) is 13.5. The predicted molar refractivity (Wildman–Crippen MR) is 82.7 cm³/mol.